The lowest BCUT2D eigenvalue weighted by atomic mass is 10.1. The summed E-state index contributed by atoms with van der Waals surface area (Å²) in [6.45, 7) is 5.60. The molecule has 1 unspecified atom stereocenters. The number of nitrogens with zero attached hydrogens (tertiary/aromatic N) is 2. The minimum Gasteiger partial charge on any atom is -0.315 e. The van der Waals surface area contributed by atoms with Crippen LogP contribution in [-0.2, 0) is 16.4 Å². The van der Waals surface area contributed by atoms with Gasteiger partial charge >= 0.3 is 0 Å². The van der Waals surface area contributed by atoms with Gasteiger partial charge in [-0.15, -0.1) is 0 Å². The van der Waals surface area contributed by atoms with E-state index in [2.05, 4.69) is 5.32 Å². The Kier molecular flexibility index (Phi) is 5.72. The van der Waals surface area contributed by atoms with Crippen LogP contribution in [0.3, 0.4) is 0 Å². The highest BCUT2D eigenvalue weighted by Gasteiger charge is 2.34. The Morgan fingerprint density at radius 2 is 2.13 bits per heavy atom. The average molecular weight is 341 g/mol. The molecule has 1 atom stereocenters. The van der Waals surface area contributed by atoms with Crippen LogP contribution in [0.4, 0.5) is 5.69 Å². The van der Waals surface area contributed by atoms with Crippen LogP contribution < -0.4 is 5.32 Å². The molecule has 1 fully saturated rings. The highest BCUT2D eigenvalue weighted by Crippen LogP contribution is 2.28. The van der Waals surface area contributed by atoms with Crippen LogP contribution in [0.15, 0.2) is 23.1 Å². The summed E-state index contributed by atoms with van der Waals surface area (Å²) in [4.78, 5) is 10.5. The second-order valence-electron chi connectivity index (χ2n) is 5.67. The number of rotatable bonds is 7. The number of benzene rings is 1. The zero-order chi connectivity index (χ0) is 17.0. The molecule has 7 nitrogen and oxygen atoms in total. The van der Waals surface area contributed by atoms with E-state index in [0.717, 1.165) is 13.0 Å². The van der Waals surface area contributed by atoms with Crippen LogP contribution in [0, 0.1) is 10.1 Å². The van der Waals surface area contributed by atoms with Gasteiger partial charge in [-0.25, -0.2) is 8.42 Å². The molecular formula is C15H23N3O4S. The van der Waals surface area contributed by atoms with Gasteiger partial charge in [0.25, 0.3) is 5.69 Å². The molecule has 2 rings (SSSR count). The predicted molar refractivity (Wildman–Crippen MR) is 87.9 cm³/mol. The van der Waals surface area contributed by atoms with E-state index < -0.39 is 14.9 Å². The largest absolute Gasteiger partial charge is 0.315 e. The Morgan fingerprint density at radius 3 is 2.65 bits per heavy atom. The summed E-state index contributed by atoms with van der Waals surface area (Å²) in [6, 6.07) is 4.00. The van der Waals surface area contributed by atoms with Crippen molar-refractivity contribution >= 4 is 15.7 Å². The Balaban J connectivity index is 2.50. The molecule has 1 saturated heterocycles. The van der Waals surface area contributed by atoms with Crippen molar-refractivity contribution in [2.75, 3.05) is 19.6 Å². The number of hydrogen-bond donors (Lipinski definition) is 1. The SMILES string of the molecule is CCCN(C1CCNC1)S(=O)(=O)c1cc([N+](=O)[O-])ccc1CC. The van der Waals surface area contributed by atoms with Gasteiger partial charge in [-0.2, -0.15) is 4.31 Å². The van der Waals surface area contributed by atoms with Crippen LogP contribution in [0.5, 0.6) is 0 Å². The van der Waals surface area contributed by atoms with E-state index in [4.69, 9.17) is 0 Å². The lowest BCUT2D eigenvalue weighted by Crippen LogP contribution is -2.42. The first kappa shape index (κ1) is 17.8. The summed E-state index contributed by atoms with van der Waals surface area (Å²) >= 11 is 0. The number of nitro benzene ring substituents is 1. The molecule has 0 saturated carbocycles. The number of non-ortho nitro benzene ring substituents is 1. The van der Waals surface area contributed by atoms with Gasteiger partial charge in [-0.1, -0.05) is 19.9 Å². The van der Waals surface area contributed by atoms with Crippen LogP contribution >= 0.6 is 0 Å². The maximum absolute atomic E-state index is 13.1. The van der Waals surface area contributed by atoms with Crippen LogP contribution in [-0.4, -0.2) is 43.3 Å². The number of aryl methyl sites for hydroxylation is 1. The van der Waals surface area contributed by atoms with Gasteiger partial charge < -0.3 is 5.32 Å². The lowest BCUT2D eigenvalue weighted by Gasteiger charge is -2.28. The molecule has 1 aromatic rings. The molecular weight excluding hydrogens is 318 g/mol. The fraction of sp³-hybridized carbons (Fsp3) is 0.600. The first-order chi connectivity index (χ1) is 10.9. The molecule has 23 heavy (non-hydrogen) atoms. The van der Waals surface area contributed by atoms with E-state index in [-0.39, 0.29) is 16.6 Å². The number of nitro groups is 1. The Labute approximate surface area is 136 Å². The summed E-state index contributed by atoms with van der Waals surface area (Å²) in [5, 5.41) is 14.2. The summed E-state index contributed by atoms with van der Waals surface area (Å²) in [6.07, 6.45) is 1.97. The fourth-order valence-corrected chi connectivity index (χ4v) is 4.98. The summed E-state index contributed by atoms with van der Waals surface area (Å²) in [7, 11) is -3.76. The molecule has 1 aliphatic heterocycles. The molecule has 1 aromatic carbocycles. The topological polar surface area (TPSA) is 92.6 Å². The third kappa shape index (κ3) is 3.70. The van der Waals surface area contributed by atoms with Crippen molar-refractivity contribution in [3.63, 3.8) is 0 Å². The standard InChI is InChI=1S/C15H23N3O4S/c1-3-9-17(14-7-8-16-11-14)23(21,22)15-10-13(18(19)20)6-5-12(15)4-2/h5-6,10,14,16H,3-4,7-9,11H2,1-2H3. The van der Waals surface area contributed by atoms with Gasteiger partial charge in [0.2, 0.25) is 10.0 Å². The summed E-state index contributed by atoms with van der Waals surface area (Å²) in [5.74, 6) is 0. The quantitative estimate of drug-likeness (QED) is 0.604. The van der Waals surface area contributed by atoms with Crippen LogP contribution in [0.25, 0.3) is 0 Å². The van der Waals surface area contributed by atoms with E-state index in [1.54, 1.807) is 6.07 Å². The van der Waals surface area contributed by atoms with E-state index >= 15 is 0 Å². The third-order valence-corrected chi connectivity index (χ3v) is 6.15. The second kappa shape index (κ2) is 7.37. The highest BCUT2D eigenvalue weighted by atomic mass is 32.2. The van der Waals surface area contributed by atoms with E-state index in [0.29, 0.717) is 31.5 Å². The number of sulfonamides is 1. The van der Waals surface area contributed by atoms with Gasteiger partial charge in [0.05, 0.1) is 9.82 Å². The van der Waals surface area contributed by atoms with Crippen molar-refractivity contribution in [1.29, 1.82) is 0 Å². The maximum Gasteiger partial charge on any atom is 0.270 e. The zero-order valence-corrected chi connectivity index (χ0v) is 14.3. The first-order valence-corrected chi connectivity index (χ1v) is 9.35. The smallest absolute Gasteiger partial charge is 0.270 e. The number of nitrogens with one attached hydrogen (secondary N) is 1. The van der Waals surface area contributed by atoms with Gasteiger partial charge in [-0.05, 0) is 31.4 Å². The molecule has 128 valence electrons. The highest BCUT2D eigenvalue weighted by molar-refractivity contribution is 7.89. The lowest BCUT2D eigenvalue weighted by molar-refractivity contribution is -0.385. The molecule has 8 heteroatoms. The first-order valence-electron chi connectivity index (χ1n) is 7.91. The second-order valence-corrected chi connectivity index (χ2v) is 7.52. The number of hydrogen-bond acceptors (Lipinski definition) is 5. The van der Waals surface area contributed by atoms with E-state index in [1.807, 2.05) is 13.8 Å². The summed E-state index contributed by atoms with van der Waals surface area (Å²) < 4.78 is 27.8. The predicted octanol–water partition coefficient (Wildman–Crippen LogP) is 1.92. The van der Waals surface area contributed by atoms with Crippen molar-refractivity contribution in [3.05, 3.63) is 33.9 Å². The molecule has 0 amide bonds. The molecule has 0 bridgehead atoms. The Morgan fingerprint density at radius 1 is 1.39 bits per heavy atom. The Bertz CT molecular complexity index is 669. The van der Waals surface area contributed by atoms with Gasteiger partial charge in [0.15, 0.2) is 0 Å². The van der Waals surface area contributed by atoms with Crippen molar-refractivity contribution < 1.29 is 13.3 Å². The van der Waals surface area contributed by atoms with Gasteiger partial charge in [-0.3, -0.25) is 10.1 Å². The minimum absolute atomic E-state index is 0.0644. The third-order valence-electron chi connectivity index (χ3n) is 4.11. The molecule has 0 aromatic heterocycles. The Hall–Kier alpha value is -1.51. The molecule has 1 heterocycles. The average Bonchev–Trinajstić information content (AvgIpc) is 3.05. The molecule has 1 N–H and O–H groups in total. The van der Waals surface area contributed by atoms with Crippen molar-refractivity contribution in [2.45, 2.75) is 44.0 Å². The maximum atomic E-state index is 13.1. The monoisotopic (exact) mass is 341 g/mol. The van der Waals surface area contributed by atoms with Crippen molar-refractivity contribution in [3.8, 4) is 0 Å². The van der Waals surface area contributed by atoms with Crippen molar-refractivity contribution in [2.24, 2.45) is 0 Å². The van der Waals surface area contributed by atoms with E-state index in [1.165, 1.54) is 16.4 Å². The molecule has 0 aliphatic carbocycles. The van der Waals surface area contributed by atoms with Crippen molar-refractivity contribution in [1.82, 2.24) is 9.62 Å². The van der Waals surface area contributed by atoms with Crippen LogP contribution in [0.1, 0.15) is 32.3 Å². The fourth-order valence-electron chi connectivity index (χ4n) is 2.92. The van der Waals surface area contributed by atoms with Crippen LogP contribution in [0.2, 0.25) is 0 Å². The summed E-state index contributed by atoms with van der Waals surface area (Å²) in [5.41, 5.74) is 0.421. The van der Waals surface area contributed by atoms with Gasteiger partial charge in [0, 0.05) is 31.3 Å². The van der Waals surface area contributed by atoms with E-state index in [9.17, 15) is 18.5 Å². The molecule has 0 radical (unpaired) electrons. The van der Waals surface area contributed by atoms with Gasteiger partial charge in [0.1, 0.15) is 0 Å². The molecule has 1 aliphatic rings. The normalized spacial score (nSPS) is 18.5. The minimum atomic E-state index is -3.76. The zero-order valence-electron chi connectivity index (χ0n) is 13.5. The molecule has 0 spiro atoms.